The maximum Gasteiger partial charge on any atom is 0.273 e. The van der Waals surface area contributed by atoms with E-state index in [9.17, 15) is 9.18 Å². The molecule has 0 aliphatic carbocycles. The fraction of sp³-hybridized carbons (Fsp3) is 0.375. The summed E-state index contributed by atoms with van der Waals surface area (Å²) in [4.78, 5) is 12.2. The molecule has 22 heavy (non-hydrogen) atoms. The Bertz CT molecular complexity index is 665. The molecule has 5 nitrogen and oxygen atoms in total. The molecule has 3 rings (SSSR count). The first kappa shape index (κ1) is 14.7. The number of benzene rings is 1. The lowest BCUT2D eigenvalue weighted by Gasteiger charge is -2.19. The highest BCUT2D eigenvalue weighted by Gasteiger charge is 2.25. The van der Waals surface area contributed by atoms with Crippen LogP contribution in [0.4, 0.5) is 4.39 Å². The van der Waals surface area contributed by atoms with Crippen molar-refractivity contribution in [1.82, 2.24) is 10.5 Å². The Kier molecular flexibility index (Phi) is 4.20. The maximum atomic E-state index is 13.7. The van der Waals surface area contributed by atoms with Crippen molar-refractivity contribution in [3.05, 3.63) is 41.8 Å². The predicted molar refractivity (Wildman–Crippen MR) is 77.8 cm³/mol. The molecular weight excluding hydrogens is 287 g/mol. The second kappa shape index (κ2) is 6.27. The van der Waals surface area contributed by atoms with Gasteiger partial charge in [-0.05, 0) is 31.9 Å². The molecular formula is C16H17FN2O3. The molecule has 0 unspecified atom stereocenters. The predicted octanol–water partition coefficient (Wildman–Crippen LogP) is 2.78. The smallest absolute Gasteiger partial charge is 0.273 e. The van der Waals surface area contributed by atoms with E-state index in [0.717, 1.165) is 19.4 Å². The topological polar surface area (TPSA) is 64.4 Å². The lowest BCUT2D eigenvalue weighted by Crippen LogP contribution is -2.40. The zero-order valence-electron chi connectivity index (χ0n) is 12.2. The standard InChI is InChI=1S/C16H17FN2O3/c1-10(14-7-4-8-21-14)18-16(20)13-9-15(22-19-13)11-5-2-3-6-12(11)17/h2-3,5-6,9-10,14H,4,7-8H2,1H3,(H,18,20)/t10-,14+/m1/s1. The number of hydrogen-bond acceptors (Lipinski definition) is 4. The van der Waals surface area contributed by atoms with Gasteiger partial charge in [0.2, 0.25) is 0 Å². The van der Waals surface area contributed by atoms with E-state index in [1.807, 2.05) is 6.92 Å². The SMILES string of the molecule is C[C@@H](NC(=O)c1cc(-c2ccccc2F)on1)[C@@H]1CCCO1. The molecule has 1 aromatic heterocycles. The van der Waals surface area contributed by atoms with E-state index in [2.05, 4.69) is 10.5 Å². The Morgan fingerprint density at radius 3 is 3.00 bits per heavy atom. The third-order valence-electron chi connectivity index (χ3n) is 3.76. The van der Waals surface area contributed by atoms with Gasteiger partial charge >= 0.3 is 0 Å². The van der Waals surface area contributed by atoms with Gasteiger partial charge in [-0.25, -0.2) is 4.39 Å². The Balaban J connectivity index is 1.70. The molecule has 0 saturated carbocycles. The van der Waals surface area contributed by atoms with Crippen LogP contribution in [0.15, 0.2) is 34.9 Å². The van der Waals surface area contributed by atoms with Gasteiger partial charge in [0, 0.05) is 12.7 Å². The number of nitrogens with one attached hydrogen (secondary N) is 1. The normalized spacial score (nSPS) is 19.1. The molecule has 116 valence electrons. The van der Waals surface area contributed by atoms with Gasteiger partial charge in [0.25, 0.3) is 5.91 Å². The summed E-state index contributed by atoms with van der Waals surface area (Å²) in [5.74, 6) is -0.541. The van der Waals surface area contributed by atoms with Crippen LogP contribution >= 0.6 is 0 Å². The molecule has 6 heteroatoms. The average Bonchev–Trinajstić information content (AvgIpc) is 3.19. The number of carbonyl (C=O) groups is 1. The van der Waals surface area contributed by atoms with Crippen LogP contribution in [0.2, 0.25) is 0 Å². The number of amides is 1. The summed E-state index contributed by atoms with van der Waals surface area (Å²) in [5, 5.41) is 6.56. The molecule has 1 aromatic carbocycles. The van der Waals surface area contributed by atoms with Crippen molar-refractivity contribution in [2.75, 3.05) is 6.61 Å². The van der Waals surface area contributed by atoms with Gasteiger partial charge in [-0.2, -0.15) is 0 Å². The van der Waals surface area contributed by atoms with E-state index >= 15 is 0 Å². The van der Waals surface area contributed by atoms with E-state index in [-0.39, 0.29) is 35.1 Å². The van der Waals surface area contributed by atoms with Crippen molar-refractivity contribution < 1.29 is 18.4 Å². The highest BCUT2D eigenvalue weighted by molar-refractivity contribution is 5.93. The Morgan fingerprint density at radius 1 is 1.45 bits per heavy atom. The third kappa shape index (κ3) is 3.01. The Morgan fingerprint density at radius 2 is 2.27 bits per heavy atom. The highest BCUT2D eigenvalue weighted by Crippen LogP contribution is 2.23. The molecule has 1 saturated heterocycles. The van der Waals surface area contributed by atoms with Crippen LogP contribution in [0.25, 0.3) is 11.3 Å². The lowest BCUT2D eigenvalue weighted by molar-refractivity contribution is 0.0707. The first-order chi connectivity index (χ1) is 10.6. The number of aromatic nitrogens is 1. The highest BCUT2D eigenvalue weighted by atomic mass is 19.1. The van der Waals surface area contributed by atoms with Gasteiger partial charge in [0.1, 0.15) is 5.82 Å². The summed E-state index contributed by atoms with van der Waals surface area (Å²) in [6.45, 7) is 2.62. The summed E-state index contributed by atoms with van der Waals surface area (Å²) in [6.07, 6.45) is 1.97. The van der Waals surface area contributed by atoms with Crippen LogP contribution in [0.1, 0.15) is 30.3 Å². The van der Waals surface area contributed by atoms with Gasteiger partial charge in [-0.3, -0.25) is 4.79 Å². The number of carbonyl (C=O) groups excluding carboxylic acids is 1. The summed E-state index contributed by atoms with van der Waals surface area (Å²) < 4.78 is 24.3. The van der Waals surface area contributed by atoms with E-state index in [4.69, 9.17) is 9.26 Å². The molecule has 2 heterocycles. The van der Waals surface area contributed by atoms with Crippen LogP contribution in [0.3, 0.4) is 0 Å². The monoisotopic (exact) mass is 304 g/mol. The molecule has 1 N–H and O–H groups in total. The van der Waals surface area contributed by atoms with Gasteiger partial charge in [0.15, 0.2) is 11.5 Å². The largest absolute Gasteiger partial charge is 0.376 e. The number of halogens is 1. The van der Waals surface area contributed by atoms with E-state index in [1.54, 1.807) is 18.2 Å². The van der Waals surface area contributed by atoms with Gasteiger partial charge in [-0.15, -0.1) is 0 Å². The molecule has 1 fully saturated rings. The van der Waals surface area contributed by atoms with Crippen molar-refractivity contribution in [3.63, 3.8) is 0 Å². The second-order valence-corrected chi connectivity index (χ2v) is 5.37. The summed E-state index contributed by atoms with van der Waals surface area (Å²) in [6, 6.07) is 7.52. The first-order valence-corrected chi connectivity index (χ1v) is 7.29. The summed E-state index contributed by atoms with van der Waals surface area (Å²) in [7, 11) is 0. The summed E-state index contributed by atoms with van der Waals surface area (Å²) in [5.41, 5.74) is 0.407. The van der Waals surface area contributed by atoms with Crippen molar-refractivity contribution in [1.29, 1.82) is 0 Å². The van der Waals surface area contributed by atoms with Crippen LogP contribution in [0.5, 0.6) is 0 Å². The number of nitrogens with zero attached hydrogens (tertiary/aromatic N) is 1. The van der Waals surface area contributed by atoms with Crippen molar-refractivity contribution >= 4 is 5.91 Å². The minimum absolute atomic E-state index is 0.0295. The molecule has 0 spiro atoms. The summed E-state index contributed by atoms with van der Waals surface area (Å²) >= 11 is 0. The lowest BCUT2D eigenvalue weighted by atomic mass is 10.1. The molecule has 0 radical (unpaired) electrons. The van der Waals surface area contributed by atoms with Crippen LogP contribution in [-0.2, 0) is 4.74 Å². The minimum atomic E-state index is -0.418. The number of ether oxygens (including phenoxy) is 1. The molecule has 2 atom stereocenters. The molecule has 1 aliphatic heterocycles. The van der Waals surface area contributed by atoms with Crippen molar-refractivity contribution in [2.45, 2.75) is 31.9 Å². The second-order valence-electron chi connectivity index (χ2n) is 5.37. The van der Waals surface area contributed by atoms with Crippen LogP contribution in [0, 0.1) is 5.82 Å². The van der Waals surface area contributed by atoms with Crippen molar-refractivity contribution in [2.24, 2.45) is 0 Å². The zero-order chi connectivity index (χ0) is 15.5. The van der Waals surface area contributed by atoms with Crippen molar-refractivity contribution in [3.8, 4) is 11.3 Å². The van der Waals surface area contributed by atoms with E-state index in [0.29, 0.717) is 0 Å². The Labute approximate surface area is 127 Å². The first-order valence-electron chi connectivity index (χ1n) is 7.29. The number of rotatable bonds is 4. The molecule has 2 aromatic rings. The fourth-order valence-corrected chi connectivity index (χ4v) is 2.54. The van der Waals surface area contributed by atoms with E-state index in [1.165, 1.54) is 12.1 Å². The Hall–Kier alpha value is -2.21. The van der Waals surface area contributed by atoms with Gasteiger partial charge in [0.05, 0.1) is 17.7 Å². The fourth-order valence-electron chi connectivity index (χ4n) is 2.54. The third-order valence-corrected chi connectivity index (χ3v) is 3.76. The van der Waals surface area contributed by atoms with Crippen LogP contribution < -0.4 is 5.32 Å². The number of hydrogen-bond donors (Lipinski definition) is 1. The molecule has 0 bridgehead atoms. The molecule has 1 aliphatic rings. The maximum absolute atomic E-state index is 13.7. The van der Waals surface area contributed by atoms with Gasteiger partial charge < -0.3 is 14.6 Å². The van der Waals surface area contributed by atoms with Gasteiger partial charge in [-0.1, -0.05) is 17.3 Å². The van der Waals surface area contributed by atoms with Crippen LogP contribution in [-0.4, -0.2) is 29.8 Å². The average molecular weight is 304 g/mol. The zero-order valence-corrected chi connectivity index (χ0v) is 12.2. The van der Waals surface area contributed by atoms with E-state index < -0.39 is 5.82 Å². The molecule has 1 amide bonds. The minimum Gasteiger partial charge on any atom is -0.376 e. The quantitative estimate of drug-likeness (QED) is 0.943.